The van der Waals surface area contributed by atoms with Gasteiger partial charge in [-0.25, -0.2) is 9.59 Å². The highest BCUT2D eigenvalue weighted by atomic mass is 16.6. The Morgan fingerprint density at radius 2 is 1.63 bits per heavy atom. The number of anilines is 2. The van der Waals surface area contributed by atoms with E-state index in [1.54, 1.807) is 20.8 Å². The Labute approximate surface area is 226 Å². The smallest absolute Gasteiger partial charge is 0.411 e. The Hall–Kier alpha value is -3.26. The average Bonchev–Trinajstić information content (AvgIpc) is 3.32. The lowest BCUT2D eigenvalue weighted by Crippen LogP contribution is -2.43. The van der Waals surface area contributed by atoms with Crippen molar-refractivity contribution in [2.75, 3.05) is 43.5 Å². The molecule has 2 aliphatic heterocycles. The molecule has 2 heterocycles. The Morgan fingerprint density at radius 3 is 2.18 bits per heavy atom. The fourth-order valence-electron chi connectivity index (χ4n) is 5.21. The molecule has 2 aromatic rings. The van der Waals surface area contributed by atoms with Gasteiger partial charge in [0.1, 0.15) is 11.6 Å². The molecule has 8 nitrogen and oxygen atoms in total. The predicted molar refractivity (Wildman–Crippen MR) is 149 cm³/mol. The highest BCUT2D eigenvalue weighted by Crippen LogP contribution is 2.32. The number of ether oxygens (including phenoxy) is 2. The van der Waals surface area contributed by atoms with E-state index in [2.05, 4.69) is 72.4 Å². The van der Waals surface area contributed by atoms with Crippen molar-refractivity contribution < 1.29 is 24.2 Å². The third-order valence-electron chi connectivity index (χ3n) is 7.34. The first-order valence-electron chi connectivity index (χ1n) is 13.5. The minimum absolute atomic E-state index is 0.205. The third kappa shape index (κ3) is 6.98. The summed E-state index contributed by atoms with van der Waals surface area (Å²) in [5, 5.41) is 9.59. The minimum atomic E-state index is -1.04. The van der Waals surface area contributed by atoms with Crippen LogP contribution in [0.3, 0.4) is 0 Å². The monoisotopic (exact) mass is 523 g/mol. The molecule has 0 bridgehead atoms. The molecule has 0 aliphatic carbocycles. The molecule has 2 fully saturated rings. The van der Waals surface area contributed by atoms with Crippen molar-refractivity contribution in [1.29, 1.82) is 0 Å². The molecule has 2 aromatic carbocycles. The summed E-state index contributed by atoms with van der Waals surface area (Å²) in [6.07, 6.45) is 1.54. The topological polar surface area (TPSA) is 82.6 Å². The molecule has 0 spiro atoms. The van der Waals surface area contributed by atoms with Gasteiger partial charge >= 0.3 is 12.1 Å². The number of benzene rings is 2. The number of piperidine rings is 1. The predicted octanol–water partition coefficient (Wildman–Crippen LogP) is 5.12. The standard InChI is InChI=1S/C30H41N3O5/c1-30(2,3)38-29(36)33-19-26(18-27(33)28(34)35)37-20-21-6-10-25(11-7-21)32-16-14-23(15-17-32)22-8-12-24(13-9-22)31(4)5/h6-13,23,26-27H,14-20H2,1-5H3,(H,34,35)/t26-,27-/m0/s1. The number of hydrogen-bond acceptors (Lipinski definition) is 6. The number of rotatable bonds is 7. The van der Waals surface area contributed by atoms with Crippen LogP contribution < -0.4 is 9.80 Å². The fourth-order valence-corrected chi connectivity index (χ4v) is 5.21. The van der Waals surface area contributed by atoms with E-state index in [1.165, 1.54) is 21.8 Å². The quantitative estimate of drug-likeness (QED) is 0.540. The maximum Gasteiger partial charge on any atom is 0.411 e. The molecule has 0 saturated carbocycles. The Bertz CT molecular complexity index is 1090. The molecule has 1 amide bonds. The van der Waals surface area contributed by atoms with Gasteiger partial charge in [-0.15, -0.1) is 0 Å². The maximum absolute atomic E-state index is 12.5. The van der Waals surface area contributed by atoms with Crippen molar-refractivity contribution in [3.8, 4) is 0 Å². The summed E-state index contributed by atoms with van der Waals surface area (Å²) in [5.41, 5.74) is 4.19. The van der Waals surface area contributed by atoms with E-state index in [9.17, 15) is 14.7 Å². The number of carbonyl (C=O) groups excluding carboxylic acids is 1. The van der Waals surface area contributed by atoms with Crippen molar-refractivity contribution >= 4 is 23.4 Å². The molecule has 38 heavy (non-hydrogen) atoms. The van der Waals surface area contributed by atoms with Crippen LogP contribution in [-0.2, 0) is 20.9 Å². The number of carboxylic acids is 1. The average molecular weight is 524 g/mol. The van der Waals surface area contributed by atoms with E-state index < -0.39 is 23.7 Å². The number of carboxylic acid groups (broad SMARTS) is 1. The summed E-state index contributed by atoms with van der Waals surface area (Å²) in [4.78, 5) is 30.0. The van der Waals surface area contributed by atoms with Crippen LogP contribution in [0.2, 0.25) is 0 Å². The van der Waals surface area contributed by atoms with E-state index in [4.69, 9.17) is 9.47 Å². The summed E-state index contributed by atoms with van der Waals surface area (Å²) < 4.78 is 11.4. The SMILES string of the molecule is CN(C)c1ccc(C2CCN(c3ccc(CO[C@H]4C[C@@H](C(=O)O)N(C(=O)OC(C)(C)C)C4)cc3)CC2)cc1. The van der Waals surface area contributed by atoms with Crippen LogP contribution in [0.25, 0.3) is 0 Å². The zero-order chi connectivity index (χ0) is 27.4. The minimum Gasteiger partial charge on any atom is -0.480 e. The lowest BCUT2D eigenvalue weighted by molar-refractivity contribution is -0.142. The van der Waals surface area contributed by atoms with Crippen LogP contribution in [0.5, 0.6) is 0 Å². The maximum atomic E-state index is 12.5. The molecule has 4 rings (SSSR count). The van der Waals surface area contributed by atoms with Crippen molar-refractivity contribution in [2.45, 2.75) is 70.3 Å². The highest BCUT2D eigenvalue weighted by molar-refractivity contribution is 5.81. The van der Waals surface area contributed by atoms with Gasteiger partial charge in [-0.05, 0) is 74.9 Å². The second kappa shape index (κ2) is 11.6. The van der Waals surface area contributed by atoms with Gasteiger partial charge in [0.15, 0.2) is 0 Å². The Kier molecular flexibility index (Phi) is 8.51. The number of aliphatic carboxylic acids is 1. The number of nitrogens with zero attached hydrogens (tertiary/aromatic N) is 3. The lowest BCUT2D eigenvalue weighted by Gasteiger charge is -2.34. The van der Waals surface area contributed by atoms with Gasteiger partial charge in [-0.3, -0.25) is 4.90 Å². The molecule has 2 aliphatic rings. The molecule has 206 valence electrons. The summed E-state index contributed by atoms with van der Waals surface area (Å²) in [5.74, 6) is -0.447. The number of likely N-dealkylation sites (tertiary alicyclic amines) is 1. The largest absolute Gasteiger partial charge is 0.480 e. The van der Waals surface area contributed by atoms with Gasteiger partial charge in [0.05, 0.1) is 19.3 Å². The zero-order valence-corrected chi connectivity index (χ0v) is 23.2. The molecule has 2 atom stereocenters. The van der Waals surface area contributed by atoms with Gasteiger partial charge in [0.25, 0.3) is 0 Å². The van der Waals surface area contributed by atoms with Crippen LogP contribution >= 0.6 is 0 Å². The third-order valence-corrected chi connectivity index (χ3v) is 7.34. The first-order chi connectivity index (χ1) is 18.0. The fraction of sp³-hybridized carbons (Fsp3) is 0.533. The molecule has 0 radical (unpaired) electrons. The summed E-state index contributed by atoms with van der Waals surface area (Å²) in [7, 11) is 4.13. The Balaban J connectivity index is 1.27. The first kappa shape index (κ1) is 27.8. The molecule has 0 unspecified atom stereocenters. The van der Waals surface area contributed by atoms with Gasteiger partial charge in [0.2, 0.25) is 0 Å². The normalized spacial score (nSPS) is 20.4. The van der Waals surface area contributed by atoms with Gasteiger partial charge in [0, 0.05) is 45.0 Å². The molecule has 8 heteroatoms. The van der Waals surface area contributed by atoms with E-state index in [1.807, 2.05) is 0 Å². The van der Waals surface area contributed by atoms with Gasteiger partial charge in [-0.2, -0.15) is 0 Å². The molecule has 1 N–H and O–H groups in total. The van der Waals surface area contributed by atoms with E-state index in [-0.39, 0.29) is 19.1 Å². The number of carbonyl (C=O) groups is 2. The van der Waals surface area contributed by atoms with Crippen molar-refractivity contribution in [1.82, 2.24) is 4.90 Å². The van der Waals surface area contributed by atoms with Crippen molar-refractivity contribution in [3.63, 3.8) is 0 Å². The van der Waals surface area contributed by atoms with Crippen molar-refractivity contribution in [2.24, 2.45) is 0 Å². The van der Waals surface area contributed by atoms with Crippen LogP contribution in [-0.4, -0.2) is 73.5 Å². The first-order valence-corrected chi connectivity index (χ1v) is 13.5. The van der Waals surface area contributed by atoms with E-state index >= 15 is 0 Å². The second-order valence-corrected chi connectivity index (χ2v) is 11.6. The van der Waals surface area contributed by atoms with Crippen LogP contribution in [0, 0.1) is 0 Å². The van der Waals surface area contributed by atoms with Crippen molar-refractivity contribution in [3.05, 3.63) is 59.7 Å². The van der Waals surface area contributed by atoms with E-state index in [0.29, 0.717) is 12.5 Å². The van der Waals surface area contributed by atoms with Crippen LogP contribution in [0.1, 0.15) is 57.1 Å². The Morgan fingerprint density at radius 1 is 1.00 bits per heavy atom. The molecule has 0 aromatic heterocycles. The number of amides is 1. The number of hydrogen-bond donors (Lipinski definition) is 1. The zero-order valence-electron chi connectivity index (χ0n) is 23.2. The highest BCUT2D eigenvalue weighted by Gasteiger charge is 2.42. The molecular formula is C30H41N3O5. The molecule has 2 saturated heterocycles. The van der Waals surface area contributed by atoms with Gasteiger partial charge in [-0.1, -0.05) is 24.3 Å². The molecular weight excluding hydrogens is 482 g/mol. The summed E-state index contributed by atoms with van der Waals surface area (Å²) >= 11 is 0. The van der Waals surface area contributed by atoms with Crippen LogP contribution in [0.15, 0.2) is 48.5 Å². The van der Waals surface area contributed by atoms with Gasteiger partial charge < -0.3 is 24.4 Å². The lowest BCUT2D eigenvalue weighted by atomic mass is 9.89. The van der Waals surface area contributed by atoms with E-state index in [0.717, 1.165) is 31.5 Å². The summed E-state index contributed by atoms with van der Waals surface area (Å²) in [6.45, 7) is 7.91. The van der Waals surface area contributed by atoms with Crippen LogP contribution in [0.4, 0.5) is 16.2 Å². The summed E-state index contributed by atoms with van der Waals surface area (Å²) in [6, 6.07) is 16.4. The second-order valence-electron chi connectivity index (χ2n) is 11.6.